The fourth-order valence-corrected chi connectivity index (χ4v) is 3.97. The van der Waals surface area contributed by atoms with E-state index in [9.17, 15) is 9.59 Å². The third kappa shape index (κ3) is 3.55. The Labute approximate surface area is 149 Å². The molecule has 0 saturated carbocycles. The number of aromatic nitrogens is 1. The minimum atomic E-state index is 0.0937. The van der Waals surface area contributed by atoms with Gasteiger partial charge in [0.15, 0.2) is 0 Å². The van der Waals surface area contributed by atoms with E-state index in [4.69, 9.17) is 0 Å². The monoisotopic (exact) mass is 341 g/mol. The minimum Gasteiger partial charge on any atom is -0.344 e. The Morgan fingerprint density at radius 1 is 1.28 bits per heavy atom. The van der Waals surface area contributed by atoms with Gasteiger partial charge in [0.05, 0.1) is 6.04 Å². The summed E-state index contributed by atoms with van der Waals surface area (Å²) in [5.41, 5.74) is 2.36. The molecule has 1 aromatic heterocycles. The lowest BCUT2D eigenvalue weighted by Gasteiger charge is -2.26. The SMILES string of the molecule is CCN(C(C)=O)C1CCN(C(=O)CCn2c(C)cc3ccccc32)C1. The van der Waals surface area contributed by atoms with Crippen LogP contribution in [0.3, 0.4) is 0 Å². The summed E-state index contributed by atoms with van der Waals surface area (Å²) in [6.45, 7) is 8.50. The number of rotatable bonds is 5. The molecule has 5 heteroatoms. The second kappa shape index (κ2) is 7.30. The third-order valence-corrected chi connectivity index (χ3v) is 5.27. The van der Waals surface area contributed by atoms with Gasteiger partial charge in [0, 0.05) is 50.7 Å². The van der Waals surface area contributed by atoms with Crippen molar-refractivity contribution in [3.63, 3.8) is 0 Å². The van der Waals surface area contributed by atoms with Crippen molar-refractivity contribution in [2.24, 2.45) is 0 Å². The number of hydrogen-bond acceptors (Lipinski definition) is 2. The first-order valence-corrected chi connectivity index (χ1v) is 9.11. The van der Waals surface area contributed by atoms with Crippen LogP contribution < -0.4 is 0 Å². The molecule has 2 aromatic rings. The van der Waals surface area contributed by atoms with Crippen LogP contribution in [0.1, 0.15) is 32.4 Å². The van der Waals surface area contributed by atoms with E-state index in [1.807, 2.05) is 28.9 Å². The first-order valence-electron chi connectivity index (χ1n) is 9.11. The van der Waals surface area contributed by atoms with E-state index in [1.54, 1.807) is 6.92 Å². The van der Waals surface area contributed by atoms with Gasteiger partial charge in [-0.25, -0.2) is 0 Å². The standard InChI is InChI=1S/C20H27N3O2/c1-4-22(16(3)24)18-9-11-21(14-18)20(25)10-12-23-15(2)13-17-7-5-6-8-19(17)23/h5-8,13,18H,4,9-12,14H2,1-3H3. The van der Waals surface area contributed by atoms with Crippen molar-refractivity contribution in [1.82, 2.24) is 14.4 Å². The van der Waals surface area contributed by atoms with E-state index >= 15 is 0 Å². The van der Waals surface area contributed by atoms with E-state index in [2.05, 4.69) is 29.7 Å². The highest BCUT2D eigenvalue weighted by Crippen LogP contribution is 2.21. The zero-order chi connectivity index (χ0) is 18.0. The minimum absolute atomic E-state index is 0.0937. The summed E-state index contributed by atoms with van der Waals surface area (Å²) >= 11 is 0. The molecule has 1 aromatic carbocycles. The molecule has 1 atom stereocenters. The number of fused-ring (bicyclic) bond motifs is 1. The molecule has 3 rings (SSSR count). The van der Waals surface area contributed by atoms with Crippen LogP contribution in [0, 0.1) is 6.92 Å². The Kier molecular flexibility index (Phi) is 5.11. The molecule has 1 fully saturated rings. The number of benzene rings is 1. The van der Waals surface area contributed by atoms with Crippen molar-refractivity contribution in [1.29, 1.82) is 0 Å². The van der Waals surface area contributed by atoms with E-state index in [1.165, 1.54) is 16.6 Å². The summed E-state index contributed by atoms with van der Waals surface area (Å²) in [6, 6.07) is 10.6. The smallest absolute Gasteiger partial charge is 0.224 e. The normalized spacial score (nSPS) is 17.2. The Morgan fingerprint density at radius 3 is 2.76 bits per heavy atom. The van der Waals surface area contributed by atoms with E-state index < -0.39 is 0 Å². The lowest BCUT2D eigenvalue weighted by Crippen LogP contribution is -2.41. The van der Waals surface area contributed by atoms with Crippen LogP contribution in [0.15, 0.2) is 30.3 Å². The lowest BCUT2D eigenvalue weighted by atomic mass is 10.2. The Balaban J connectivity index is 1.61. The highest BCUT2D eigenvalue weighted by molar-refractivity contribution is 5.82. The Hall–Kier alpha value is -2.30. The van der Waals surface area contributed by atoms with Crippen molar-refractivity contribution in [3.05, 3.63) is 36.0 Å². The number of hydrogen-bond donors (Lipinski definition) is 0. The number of aryl methyl sites for hydroxylation is 2. The predicted molar refractivity (Wildman–Crippen MR) is 99.3 cm³/mol. The fourth-order valence-electron chi connectivity index (χ4n) is 3.97. The maximum atomic E-state index is 12.6. The molecule has 5 nitrogen and oxygen atoms in total. The van der Waals surface area contributed by atoms with Gasteiger partial charge in [-0.2, -0.15) is 0 Å². The molecule has 1 unspecified atom stereocenters. The topological polar surface area (TPSA) is 45.6 Å². The average Bonchev–Trinajstić information content (AvgIpc) is 3.17. The van der Waals surface area contributed by atoms with Crippen molar-refractivity contribution < 1.29 is 9.59 Å². The van der Waals surface area contributed by atoms with Gasteiger partial charge < -0.3 is 14.4 Å². The van der Waals surface area contributed by atoms with Crippen LogP contribution >= 0.6 is 0 Å². The zero-order valence-corrected chi connectivity index (χ0v) is 15.4. The van der Waals surface area contributed by atoms with E-state index in [0.717, 1.165) is 13.0 Å². The first-order chi connectivity index (χ1) is 12.0. The molecule has 1 aliphatic heterocycles. The second-order valence-electron chi connectivity index (χ2n) is 6.83. The number of carbonyl (C=O) groups is 2. The maximum absolute atomic E-state index is 12.6. The molecule has 0 bridgehead atoms. The first kappa shape index (κ1) is 17.5. The molecule has 2 amide bonds. The molecule has 2 heterocycles. The summed E-state index contributed by atoms with van der Waals surface area (Å²) in [6.07, 6.45) is 1.38. The average molecular weight is 341 g/mol. The summed E-state index contributed by atoms with van der Waals surface area (Å²) in [7, 11) is 0. The van der Waals surface area contributed by atoms with Gasteiger partial charge in [-0.15, -0.1) is 0 Å². The summed E-state index contributed by atoms with van der Waals surface area (Å²) in [4.78, 5) is 28.1. The number of likely N-dealkylation sites (tertiary alicyclic amines) is 1. The summed E-state index contributed by atoms with van der Waals surface area (Å²) in [5.74, 6) is 0.274. The molecule has 0 radical (unpaired) electrons. The zero-order valence-electron chi connectivity index (χ0n) is 15.4. The van der Waals surface area contributed by atoms with Crippen LogP contribution in [0.25, 0.3) is 10.9 Å². The molecular weight excluding hydrogens is 314 g/mol. The molecule has 0 spiro atoms. The maximum Gasteiger partial charge on any atom is 0.224 e. The number of carbonyl (C=O) groups excluding carboxylic acids is 2. The van der Waals surface area contributed by atoms with Crippen molar-refractivity contribution in [2.75, 3.05) is 19.6 Å². The predicted octanol–water partition coefficient (Wildman–Crippen LogP) is 2.81. The van der Waals surface area contributed by atoms with Gasteiger partial charge in [0.2, 0.25) is 11.8 Å². The van der Waals surface area contributed by atoms with Gasteiger partial charge in [-0.3, -0.25) is 9.59 Å². The van der Waals surface area contributed by atoms with Crippen molar-refractivity contribution in [3.8, 4) is 0 Å². The van der Waals surface area contributed by atoms with E-state index in [-0.39, 0.29) is 17.9 Å². The molecule has 0 N–H and O–H groups in total. The molecule has 1 aliphatic rings. The summed E-state index contributed by atoms with van der Waals surface area (Å²) < 4.78 is 2.22. The van der Waals surface area contributed by atoms with Gasteiger partial charge in [-0.1, -0.05) is 18.2 Å². The molecule has 25 heavy (non-hydrogen) atoms. The molecular formula is C20H27N3O2. The highest BCUT2D eigenvalue weighted by atomic mass is 16.2. The third-order valence-electron chi connectivity index (χ3n) is 5.27. The fraction of sp³-hybridized carbons (Fsp3) is 0.500. The molecule has 1 saturated heterocycles. The quantitative estimate of drug-likeness (QED) is 0.839. The lowest BCUT2D eigenvalue weighted by molar-refractivity contribution is -0.133. The Morgan fingerprint density at radius 2 is 2.04 bits per heavy atom. The van der Waals surface area contributed by atoms with Crippen LogP contribution in [-0.2, 0) is 16.1 Å². The van der Waals surface area contributed by atoms with Crippen molar-refractivity contribution in [2.45, 2.75) is 46.2 Å². The number of para-hydroxylation sites is 1. The second-order valence-corrected chi connectivity index (χ2v) is 6.83. The molecule has 134 valence electrons. The summed E-state index contributed by atoms with van der Waals surface area (Å²) in [5, 5.41) is 1.22. The van der Waals surface area contributed by atoms with Gasteiger partial charge >= 0.3 is 0 Å². The van der Waals surface area contributed by atoms with Crippen LogP contribution in [0.2, 0.25) is 0 Å². The van der Waals surface area contributed by atoms with E-state index in [0.29, 0.717) is 26.1 Å². The Bertz CT molecular complexity index is 780. The van der Waals surface area contributed by atoms with Gasteiger partial charge in [0.1, 0.15) is 0 Å². The van der Waals surface area contributed by atoms with Gasteiger partial charge in [-0.05, 0) is 37.8 Å². The largest absolute Gasteiger partial charge is 0.344 e. The highest BCUT2D eigenvalue weighted by Gasteiger charge is 2.30. The van der Waals surface area contributed by atoms with Crippen LogP contribution in [0.4, 0.5) is 0 Å². The molecule has 0 aliphatic carbocycles. The number of nitrogens with zero attached hydrogens (tertiary/aromatic N) is 3. The van der Waals surface area contributed by atoms with Crippen LogP contribution in [0.5, 0.6) is 0 Å². The van der Waals surface area contributed by atoms with Crippen molar-refractivity contribution >= 4 is 22.7 Å². The van der Waals surface area contributed by atoms with Gasteiger partial charge in [0.25, 0.3) is 0 Å². The van der Waals surface area contributed by atoms with Crippen LogP contribution in [-0.4, -0.2) is 51.9 Å². The number of amides is 2. The number of likely N-dealkylation sites (N-methyl/N-ethyl adjacent to an activating group) is 1.